The highest BCUT2D eigenvalue weighted by atomic mass is 35.7. The molecule has 0 rings (SSSR count). The number of hydrogen-bond acceptors (Lipinski definition) is 3. The van der Waals surface area contributed by atoms with Gasteiger partial charge in [0, 0.05) is 17.8 Å². The Morgan fingerprint density at radius 1 is 1.40 bits per heavy atom. The highest BCUT2D eigenvalue weighted by Gasteiger charge is 2.01. The molecule has 0 saturated carbocycles. The Bertz CT molecular complexity index is 141. The fourth-order valence-corrected chi connectivity index (χ4v) is 1.28. The largest absolute Gasteiger partial charge is 0.400 e. The van der Waals surface area contributed by atoms with E-state index in [0.717, 1.165) is 13.5 Å². The Morgan fingerprint density at radius 3 is 1.90 bits per heavy atom. The van der Waals surface area contributed by atoms with Crippen LogP contribution in [0.25, 0.3) is 0 Å². The first kappa shape index (κ1) is 12.8. The third-order valence-corrected chi connectivity index (χ3v) is 1.98. The van der Waals surface area contributed by atoms with Crippen LogP contribution in [0.2, 0.25) is 0 Å². The van der Waals surface area contributed by atoms with Gasteiger partial charge in [0.1, 0.15) is 0 Å². The molecular formula is C5H13ClO3S. The van der Waals surface area contributed by atoms with E-state index >= 15 is 0 Å². The van der Waals surface area contributed by atoms with Gasteiger partial charge in [-0.1, -0.05) is 13.3 Å². The molecule has 0 fully saturated rings. The summed E-state index contributed by atoms with van der Waals surface area (Å²) in [4.78, 5) is 0. The summed E-state index contributed by atoms with van der Waals surface area (Å²) in [5.41, 5.74) is 0. The van der Waals surface area contributed by atoms with Crippen molar-refractivity contribution in [3.05, 3.63) is 0 Å². The zero-order chi connectivity index (χ0) is 8.62. The third kappa shape index (κ3) is 15.7. The number of aliphatic hydroxyl groups is 1. The molecule has 64 valence electrons. The molecule has 5 heteroatoms. The van der Waals surface area contributed by atoms with Crippen molar-refractivity contribution >= 4 is 19.7 Å². The van der Waals surface area contributed by atoms with E-state index in [4.69, 9.17) is 15.8 Å². The van der Waals surface area contributed by atoms with Gasteiger partial charge in [-0.3, -0.25) is 0 Å². The van der Waals surface area contributed by atoms with Gasteiger partial charge in [-0.15, -0.1) is 0 Å². The first-order chi connectivity index (χ1) is 4.56. The fraction of sp³-hybridized carbons (Fsp3) is 1.00. The van der Waals surface area contributed by atoms with Gasteiger partial charge in [0.2, 0.25) is 9.05 Å². The number of rotatable bonds is 3. The van der Waals surface area contributed by atoms with Gasteiger partial charge >= 0.3 is 0 Å². The summed E-state index contributed by atoms with van der Waals surface area (Å²) in [7, 11) is 2.67. The highest BCUT2D eigenvalue weighted by molar-refractivity contribution is 8.13. The Kier molecular flexibility index (Phi) is 9.38. The Morgan fingerprint density at radius 2 is 1.80 bits per heavy atom. The van der Waals surface area contributed by atoms with Crippen molar-refractivity contribution in [2.45, 2.75) is 19.8 Å². The first-order valence-corrected chi connectivity index (χ1v) is 5.41. The average Bonchev–Trinajstić information content (AvgIpc) is 1.87. The smallest absolute Gasteiger partial charge is 0.232 e. The molecule has 0 atom stereocenters. The fourth-order valence-electron chi connectivity index (χ4n) is 0.317. The zero-order valence-electron chi connectivity index (χ0n) is 6.17. The summed E-state index contributed by atoms with van der Waals surface area (Å²) < 4.78 is 20.3. The standard InChI is InChI=1S/C4H9ClO2S.CH4O/c1-2-3-4-8(5,6)7;1-2/h2-4H2,1H3;2H,1H3. The van der Waals surface area contributed by atoms with E-state index in [1.807, 2.05) is 6.92 Å². The maximum absolute atomic E-state index is 10.2. The normalized spacial score (nSPS) is 10.0. The molecule has 0 aromatic heterocycles. The minimum atomic E-state index is -3.21. The lowest BCUT2D eigenvalue weighted by atomic mass is 10.4. The molecule has 0 radical (unpaired) electrons. The van der Waals surface area contributed by atoms with Crippen molar-refractivity contribution in [2.75, 3.05) is 12.9 Å². The highest BCUT2D eigenvalue weighted by Crippen LogP contribution is 1.99. The van der Waals surface area contributed by atoms with Crippen molar-refractivity contribution in [3.63, 3.8) is 0 Å². The van der Waals surface area contributed by atoms with Gasteiger partial charge in [-0.2, -0.15) is 0 Å². The average molecular weight is 189 g/mol. The van der Waals surface area contributed by atoms with E-state index in [-0.39, 0.29) is 5.75 Å². The summed E-state index contributed by atoms with van der Waals surface area (Å²) in [6, 6.07) is 0. The van der Waals surface area contributed by atoms with E-state index in [0.29, 0.717) is 6.42 Å². The molecule has 0 amide bonds. The van der Waals surface area contributed by atoms with E-state index in [2.05, 4.69) is 0 Å². The molecule has 0 aromatic rings. The summed E-state index contributed by atoms with van der Waals surface area (Å²) in [6.07, 6.45) is 1.53. The molecule has 3 nitrogen and oxygen atoms in total. The Hall–Kier alpha value is 0.200. The lowest BCUT2D eigenvalue weighted by Gasteiger charge is -1.88. The van der Waals surface area contributed by atoms with Gasteiger partial charge < -0.3 is 5.11 Å². The number of halogens is 1. The second kappa shape index (κ2) is 7.31. The van der Waals surface area contributed by atoms with Crippen LogP contribution in [0.5, 0.6) is 0 Å². The molecule has 0 heterocycles. The minimum Gasteiger partial charge on any atom is -0.400 e. The van der Waals surface area contributed by atoms with Crippen LogP contribution in [0.4, 0.5) is 0 Å². The maximum atomic E-state index is 10.2. The van der Waals surface area contributed by atoms with E-state index < -0.39 is 9.05 Å². The van der Waals surface area contributed by atoms with Crippen LogP contribution in [0.1, 0.15) is 19.8 Å². The van der Waals surface area contributed by atoms with Crippen LogP contribution in [-0.4, -0.2) is 26.4 Å². The van der Waals surface area contributed by atoms with Gasteiger partial charge in [-0.25, -0.2) is 8.42 Å². The van der Waals surface area contributed by atoms with Gasteiger partial charge in [0.15, 0.2) is 0 Å². The minimum absolute atomic E-state index is 0.102. The SMILES string of the molecule is CCCCS(=O)(=O)Cl.CO. The second-order valence-corrected chi connectivity index (χ2v) is 4.49. The quantitative estimate of drug-likeness (QED) is 0.672. The van der Waals surface area contributed by atoms with Crippen LogP contribution in [-0.2, 0) is 9.05 Å². The second-order valence-electron chi connectivity index (χ2n) is 1.60. The van der Waals surface area contributed by atoms with Crippen LogP contribution < -0.4 is 0 Å². The molecule has 0 aliphatic heterocycles. The lowest BCUT2D eigenvalue weighted by molar-refractivity contribution is 0.399. The maximum Gasteiger partial charge on any atom is 0.232 e. The number of unbranched alkanes of at least 4 members (excludes halogenated alkanes) is 1. The Labute approximate surface area is 66.4 Å². The van der Waals surface area contributed by atoms with Crippen molar-refractivity contribution in [3.8, 4) is 0 Å². The molecule has 0 aromatic carbocycles. The monoisotopic (exact) mass is 188 g/mol. The number of aliphatic hydroxyl groups excluding tert-OH is 1. The zero-order valence-corrected chi connectivity index (χ0v) is 7.74. The molecule has 0 aliphatic rings. The number of hydrogen-bond donors (Lipinski definition) is 1. The third-order valence-electron chi connectivity index (χ3n) is 0.742. The van der Waals surface area contributed by atoms with Crippen LogP contribution in [0, 0.1) is 0 Å². The lowest BCUT2D eigenvalue weighted by Crippen LogP contribution is -1.94. The summed E-state index contributed by atoms with van der Waals surface area (Å²) in [5.74, 6) is 0.102. The van der Waals surface area contributed by atoms with Gasteiger partial charge in [-0.05, 0) is 6.42 Å². The Balaban J connectivity index is 0. The van der Waals surface area contributed by atoms with Crippen LogP contribution in [0.3, 0.4) is 0 Å². The first-order valence-electron chi connectivity index (χ1n) is 2.93. The summed E-state index contributed by atoms with van der Waals surface area (Å²) in [5, 5.41) is 7.00. The van der Waals surface area contributed by atoms with Crippen LogP contribution >= 0.6 is 10.7 Å². The van der Waals surface area contributed by atoms with Crippen molar-refractivity contribution < 1.29 is 13.5 Å². The molecule has 0 aliphatic carbocycles. The van der Waals surface area contributed by atoms with Gasteiger partial charge in [0.25, 0.3) is 0 Å². The van der Waals surface area contributed by atoms with Gasteiger partial charge in [0.05, 0.1) is 5.75 Å². The van der Waals surface area contributed by atoms with Crippen molar-refractivity contribution in [2.24, 2.45) is 0 Å². The summed E-state index contributed by atoms with van der Waals surface area (Å²) >= 11 is 0. The van der Waals surface area contributed by atoms with Crippen molar-refractivity contribution in [1.29, 1.82) is 0 Å². The molecule has 10 heavy (non-hydrogen) atoms. The molecule has 0 saturated heterocycles. The molecule has 0 bridgehead atoms. The topological polar surface area (TPSA) is 54.4 Å². The van der Waals surface area contributed by atoms with Crippen LogP contribution in [0.15, 0.2) is 0 Å². The molecule has 0 spiro atoms. The molecular weight excluding hydrogens is 176 g/mol. The predicted molar refractivity (Wildman–Crippen MR) is 42.7 cm³/mol. The van der Waals surface area contributed by atoms with Crippen molar-refractivity contribution in [1.82, 2.24) is 0 Å². The van der Waals surface area contributed by atoms with E-state index in [9.17, 15) is 8.42 Å². The van der Waals surface area contributed by atoms with E-state index in [1.165, 1.54) is 0 Å². The summed E-state index contributed by atoms with van der Waals surface area (Å²) in [6.45, 7) is 1.92. The van der Waals surface area contributed by atoms with E-state index in [1.54, 1.807) is 0 Å². The predicted octanol–water partition coefficient (Wildman–Crippen LogP) is 0.964. The molecule has 0 unspecified atom stereocenters. The molecule has 1 N–H and O–H groups in total.